The number of methoxy groups -OCH3 is 1. The van der Waals surface area contributed by atoms with Crippen molar-refractivity contribution in [2.24, 2.45) is 11.7 Å². The molecule has 0 amide bonds. The smallest absolute Gasteiger partial charge is 0.215 e. The van der Waals surface area contributed by atoms with Crippen molar-refractivity contribution in [2.45, 2.75) is 12.8 Å². The van der Waals surface area contributed by atoms with E-state index in [0.29, 0.717) is 25.6 Å². The standard InChI is InChI=1S/C9H20N2O3S/c1-14-8-9-3-2-5-11(7-9)15(12,13)6-4-10/h9H,2-8,10H2,1H3. The van der Waals surface area contributed by atoms with E-state index in [1.807, 2.05) is 0 Å². The molecular weight excluding hydrogens is 216 g/mol. The lowest BCUT2D eigenvalue weighted by molar-refractivity contribution is 0.118. The molecule has 0 radical (unpaired) electrons. The topological polar surface area (TPSA) is 72.6 Å². The Morgan fingerprint density at radius 3 is 2.87 bits per heavy atom. The summed E-state index contributed by atoms with van der Waals surface area (Å²) >= 11 is 0. The molecule has 0 aromatic carbocycles. The molecule has 0 bridgehead atoms. The van der Waals surface area contributed by atoms with Gasteiger partial charge in [-0.3, -0.25) is 0 Å². The molecule has 15 heavy (non-hydrogen) atoms. The van der Waals surface area contributed by atoms with Crippen molar-refractivity contribution in [1.29, 1.82) is 0 Å². The van der Waals surface area contributed by atoms with Gasteiger partial charge < -0.3 is 10.5 Å². The van der Waals surface area contributed by atoms with Crippen LogP contribution in [0.2, 0.25) is 0 Å². The Hall–Kier alpha value is -0.170. The van der Waals surface area contributed by atoms with Crippen molar-refractivity contribution in [1.82, 2.24) is 4.31 Å². The summed E-state index contributed by atoms with van der Waals surface area (Å²) in [6.07, 6.45) is 1.96. The first-order chi connectivity index (χ1) is 7.10. The quantitative estimate of drug-likeness (QED) is 0.707. The van der Waals surface area contributed by atoms with Gasteiger partial charge in [-0.1, -0.05) is 0 Å². The van der Waals surface area contributed by atoms with Gasteiger partial charge in [-0.25, -0.2) is 12.7 Å². The van der Waals surface area contributed by atoms with Crippen LogP contribution in [0.4, 0.5) is 0 Å². The van der Waals surface area contributed by atoms with Crippen LogP contribution >= 0.6 is 0 Å². The molecule has 5 nitrogen and oxygen atoms in total. The average molecular weight is 236 g/mol. The van der Waals surface area contributed by atoms with Gasteiger partial charge in [-0.05, 0) is 18.8 Å². The summed E-state index contributed by atoms with van der Waals surface area (Å²) in [5.41, 5.74) is 5.28. The average Bonchev–Trinajstić information content (AvgIpc) is 2.19. The minimum atomic E-state index is -3.13. The Balaban J connectivity index is 2.55. The highest BCUT2D eigenvalue weighted by molar-refractivity contribution is 7.89. The van der Waals surface area contributed by atoms with E-state index >= 15 is 0 Å². The van der Waals surface area contributed by atoms with Crippen LogP contribution in [-0.4, -0.2) is 51.8 Å². The highest BCUT2D eigenvalue weighted by Gasteiger charge is 2.27. The van der Waals surface area contributed by atoms with Crippen LogP contribution in [0.15, 0.2) is 0 Å². The zero-order valence-corrected chi connectivity index (χ0v) is 10.0. The molecule has 6 heteroatoms. The van der Waals surface area contributed by atoms with E-state index in [-0.39, 0.29) is 12.3 Å². The van der Waals surface area contributed by atoms with Crippen molar-refractivity contribution in [3.05, 3.63) is 0 Å². The van der Waals surface area contributed by atoms with E-state index in [9.17, 15) is 8.42 Å². The predicted octanol–water partition coefficient (Wildman–Crippen LogP) is -0.367. The second kappa shape index (κ2) is 5.79. The monoisotopic (exact) mass is 236 g/mol. The second-order valence-corrected chi connectivity index (χ2v) is 6.01. The summed E-state index contributed by atoms with van der Waals surface area (Å²) in [5, 5.41) is 0. The van der Waals surface area contributed by atoms with Gasteiger partial charge >= 0.3 is 0 Å². The lowest BCUT2D eigenvalue weighted by Gasteiger charge is -2.31. The number of nitrogens with zero attached hydrogens (tertiary/aromatic N) is 1. The fourth-order valence-electron chi connectivity index (χ4n) is 1.93. The van der Waals surface area contributed by atoms with E-state index in [0.717, 1.165) is 12.8 Å². The van der Waals surface area contributed by atoms with Crippen LogP contribution in [0, 0.1) is 5.92 Å². The first kappa shape index (κ1) is 12.9. The Morgan fingerprint density at radius 1 is 1.53 bits per heavy atom. The molecular formula is C9H20N2O3S. The van der Waals surface area contributed by atoms with Gasteiger partial charge in [0.1, 0.15) is 0 Å². The predicted molar refractivity (Wildman–Crippen MR) is 59.0 cm³/mol. The maximum Gasteiger partial charge on any atom is 0.215 e. The fraction of sp³-hybridized carbons (Fsp3) is 1.00. The van der Waals surface area contributed by atoms with Crippen LogP contribution in [0.1, 0.15) is 12.8 Å². The minimum Gasteiger partial charge on any atom is -0.384 e. The zero-order valence-electron chi connectivity index (χ0n) is 9.18. The molecule has 1 heterocycles. The molecule has 1 unspecified atom stereocenters. The molecule has 0 spiro atoms. The third-order valence-corrected chi connectivity index (χ3v) is 4.52. The van der Waals surface area contributed by atoms with E-state index < -0.39 is 10.0 Å². The Labute approximate surface area is 91.6 Å². The molecule has 0 aliphatic carbocycles. The summed E-state index contributed by atoms with van der Waals surface area (Å²) in [5.74, 6) is 0.378. The first-order valence-electron chi connectivity index (χ1n) is 5.27. The Bertz CT molecular complexity index is 277. The molecule has 0 aromatic rings. The van der Waals surface area contributed by atoms with E-state index in [4.69, 9.17) is 10.5 Å². The van der Waals surface area contributed by atoms with Gasteiger partial charge in [0.25, 0.3) is 0 Å². The minimum absolute atomic E-state index is 0.0483. The zero-order chi connectivity index (χ0) is 11.3. The van der Waals surface area contributed by atoms with Crippen LogP contribution < -0.4 is 5.73 Å². The van der Waals surface area contributed by atoms with E-state index in [2.05, 4.69) is 0 Å². The Kier molecular flexibility index (Phi) is 4.98. The third kappa shape index (κ3) is 3.71. The van der Waals surface area contributed by atoms with E-state index in [1.54, 1.807) is 11.4 Å². The molecule has 0 saturated carbocycles. The lowest BCUT2D eigenvalue weighted by Crippen LogP contribution is -2.43. The molecule has 0 aromatic heterocycles. The molecule has 1 fully saturated rings. The van der Waals surface area contributed by atoms with Crippen LogP contribution in [0.5, 0.6) is 0 Å². The second-order valence-electron chi connectivity index (χ2n) is 3.93. The first-order valence-corrected chi connectivity index (χ1v) is 6.88. The van der Waals surface area contributed by atoms with Gasteiger partial charge in [0, 0.05) is 26.7 Å². The van der Waals surface area contributed by atoms with Crippen molar-refractivity contribution < 1.29 is 13.2 Å². The van der Waals surface area contributed by atoms with Gasteiger partial charge in [0.15, 0.2) is 0 Å². The largest absolute Gasteiger partial charge is 0.384 e. The Morgan fingerprint density at radius 2 is 2.27 bits per heavy atom. The SMILES string of the molecule is COCC1CCCN(S(=O)(=O)CCN)C1. The molecule has 1 rings (SSSR count). The lowest BCUT2D eigenvalue weighted by atomic mass is 10.0. The van der Waals surface area contributed by atoms with Crippen LogP contribution in [0.3, 0.4) is 0 Å². The number of sulfonamides is 1. The maximum atomic E-state index is 11.7. The fourth-order valence-corrected chi connectivity index (χ4v) is 3.33. The van der Waals surface area contributed by atoms with Crippen LogP contribution in [-0.2, 0) is 14.8 Å². The van der Waals surface area contributed by atoms with Crippen molar-refractivity contribution >= 4 is 10.0 Å². The van der Waals surface area contributed by atoms with Gasteiger partial charge in [0.2, 0.25) is 10.0 Å². The number of nitrogens with two attached hydrogens (primary N) is 1. The number of piperidine rings is 1. The number of hydrogen-bond donors (Lipinski definition) is 1. The summed E-state index contributed by atoms with van der Waals surface area (Å²) in [4.78, 5) is 0. The molecule has 90 valence electrons. The third-order valence-electron chi connectivity index (χ3n) is 2.65. The van der Waals surface area contributed by atoms with E-state index in [1.165, 1.54) is 0 Å². The van der Waals surface area contributed by atoms with Crippen molar-refractivity contribution in [3.8, 4) is 0 Å². The summed E-state index contributed by atoms with van der Waals surface area (Å²) < 4.78 is 30.1. The van der Waals surface area contributed by atoms with Crippen molar-refractivity contribution in [2.75, 3.05) is 39.1 Å². The molecule has 1 aliphatic heterocycles. The number of ether oxygens (including phenoxy) is 1. The molecule has 1 saturated heterocycles. The number of hydrogen-bond acceptors (Lipinski definition) is 4. The van der Waals surface area contributed by atoms with Crippen LogP contribution in [0.25, 0.3) is 0 Å². The highest BCUT2D eigenvalue weighted by Crippen LogP contribution is 2.19. The highest BCUT2D eigenvalue weighted by atomic mass is 32.2. The van der Waals surface area contributed by atoms with Gasteiger partial charge in [-0.15, -0.1) is 0 Å². The van der Waals surface area contributed by atoms with Crippen molar-refractivity contribution in [3.63, 3.8) is 0 Å². The summed E-state index contributed by atoms with van der Waals surface area (Å²) in [6, 6.07) is 0. The molecule has 2 N–H and O–H groups in total. The number of rotatable bonds is 5. The molecule has 1 aliphatic rings. The molecule has 1 atom stereocenters. The maximum absolute atomic E-state index is 11.7. The summed E-state index contributed by atoms with van der Waals surface area (Å²) in [6.45, 7) is 2.03. The van der Waals surface area contributed by atoms with Gasteiger partial charge in [-0.2, -0.15) is 0 Å². The van der Waals surface area contributed by atoms with Gasteiger partial charge in [0.05, 0.1) is 12.4 Å². The normalized spacial score (nSPS) is 24.3. The summed E-state index contributed by atoms with van der Waals surface area (Å²) in [7, 11) is -1.49.